The van der Waals surface area contributed by atoms with Gasteiger partial charge in [0, 0.05) is 18.1 Å². The number of hydrogen-bond acceptors (Lipinski definition) is 4. The Bertz CT molecular complexity index is 677. The average Bonchev–Trinajstić information content (AvgIpc) is 2.46. The Morgan fingerprint density at radius 2 is 2.18 bits per heavy atom. The number of nitrogens with zero attached hydrogens (tertiary/aromatic N) is 1. The van der Waals surface area contributed by atoms with Gasteiger partial charge in [0.25, 0.3) is 0 Å². The number of rotatable bonds is 6. The van der Waals surface area contributed by atoms with E-state index < -0.39 is 10.0 Å². The van der Waals surface area contributed by atoms with E-state index in [4.69, 9.17) is 10.00 Å². The minimum Gasteiger partial charge on any atom is -0.378 e. The summed E-state index contributed by atoms with van der Waals surface area (Å²) in [6, 6.07) is 8.58. The third kappa shape index (κ3) is 3.67. The third-order valence-corrected chi connectivity index (χ3v) is 5.64. The summed E-state index contributed by atoms with van der Waals surface area (Å²) in [5.41, 5.74) is 0.871. The standard InChI is InChI=1S/C16H22N2O3S/c1-4-21-15-9-14(16(15,2)3)18-22(19,20)11-13-7-5-6-12(8-13)10-17/h5-8,14-15,18H,4,9,11H2,1-3H3. The second kappa shape index (κ2) is 6.37. The highest BCUT2D eigenvalue weighted by Gasteiger charge is 2.50. The second-order valence-corrected chi connectivity index (χ2v) is 8.00. The molecule has 2 rings (SSSR count). The molecule has 1 N–H and O–H groups in total. The summed E-state index contributed by atoms with van der Waals surface area (Å²) in [6.45, 7) is 6.60. The van der Waals surface area contributed by atoms with Gasteiger partial charge in [0.1, 0.15) is 0 Å². The van der Waals surface area contributed by atoms with Crippen molar-refractivity contribution in [2.75, 3.05) is 6.61 Å². The van der Waals surface area contributed by atoms with Gasteiger partial charge in [0.2, 0.25) is 10.0 Å². The Morgan fingerprint density at radius 3 is 2.77 bits per heavy atom. The molecule has 22 heavy (non-hydrogen) atoms. The van der Waals surface area contributed by atoms with Crippen molar-refractivity contribution < 1.29 is 13.2 Å². The average molecular weight is 322 g/mol. The molecule has 0 aliphatic heterocycles. The van der Waals surface area contributed by atoms with Crippen LogP contribution in [0.5, 0.6) is 0 Å². The molecule has 2 unspecified atom stereocenters. The molecule has 0 heterocycles. The van der Waals surface area contributed by atoms with E-state index in [1.54, 1.807) is 24.3 Å². The van der Waals surface area contributed by atoms with Gasteiger partial charge in [-0.1, -0.05) is 26.0 Å². The van der Waals surface area contributed by atoms with Crippen LogP contribution in [0, 0.1) is 16.7 Å². The van der Waals surface area contributed by atoms with Crippen LogP contribution in [-0.2, 0) is 20.5 Å². The molecule has 0 saturated heterocycles. The first-order chi connectivity index (χ1) is 10.3. The van der Waals surface area contributed by atoms with E-state index in [2.05, 4.69) is 4.72 Å². The zero-order valence-electron chi connectivity index (χ0n) is 13.2. The summed E-state index contributed by atoms with van der Waals surface area (Å²) < 4.78 is 33.0. The molecule has 6 heteroatoms. The van der Waals surface area contributed by atoms with Crippen LogP contribution in [0.3, 0.4) is 0 Å². The van der Waals surface area contributed by atoms with Crippen LogP contribution in [-0.4, -0.2) is 27.2 Å². The number of nitriles is 1. The Labute approximate surface area is 132 Å². The normalized spacial score (nSPS) is 23.5. The van der Waals surface area contributed by atoms with Gasteiger partial charge >= 0.3 is 0 Å². The molecule has 1 saturated carbocycles. The summed E-state index contributed by atoms with van der Waals surface area (Å²) in [4.78, 5) is 0. The molecule has 1 aromatic rings. The van der Waals surface area contributed by atoms with Crippen LogP contribution in [0.15, 0.2) is 24.3 Å². The minimum atomic E-state index is -3.44. The second-order valence-electron chi connectivity index (χ2n) is 6.24. The zero-order valence-corrected chi connectivity index (χ0v) is 14.0. The molecule has 120 valence electrons. The Morgan fingerprint density at radius 1 is 1.45 bits per heavy atom. The van der Waals surface area contributed by atoms with Crippen molar-refractivity contribution in [2.45, 2.75) is 45.1 Å². The lowest BCUT2D eigenvalue weighted by Gasteiger charge is -2.51. The fourth-order valence-corrected chi connectivity index (χ4v) is 4.31. The number of ether oxygens (including phenoxy) is 1. The molecule has 1 aliphatic carbocycles. The van der Waals surface area contributed by atoms with Crippen molar-refractivity contribution >= 4 is 10.0 Å². The summed E-state index contributed by atoms with van der Waals surface area (Å²) in [6.07, 6.45) is 0.783. The topological polar surface area (TPSA) is 79.2 Å². The van der Waals surface area contributed by atoms with Crippen molar-refractivity contribution in [1.82, 2.24) is 4.72 Å². The van der Waals surface area contributed by atoms with Gasteiger partial charge in [-0.25, -0.2) is 13.1 Å². The fourth-order valence-electron chi connectivity index (χ4n) is 2.78. The first-order valence-corrected chi connectivity index (χ1v) is 9.04. The SMILES string of the molecule is CCOC1CC(NS(=O)(=O)Cc2cccc(C#N)c2)C1(C)C. The Kier molecular flexibility index (Phi) is 4.90. The number of hydrogen-bond donors (Lipinski definition) is 1. The van der Waals surface area contributed by atoms with Gasteiger partial charge in [-0.05, 0) is 31.0 Å². The molecule has 0 radical (unpaired) electrons. The van der Waals surface area contributed by atoms with Crippen LogP contribution < -0.4 is 4.72 Å². The highest BCUT2D eigenvalue weighted by Crippen LogP contribution is 2.43. The Hall–Kier alpha value is -1.42. The Balaban J connectivity index is 2.02. The molecular formula is C16H22N2O3S. The molecule has 1 aromatic carbocycles. The van der Waals surface area contributed by atoms with Gasteiger partial charge in [-0.15, -0.1) is 0 Å². The van der Waals surface area contributed by atoms with E-state index in [0.717, 1.165) is 0 Å². The van der Waals surface area contributed by atoms with E-state index in [9.17, 15) is 8.42 Å². The van der Waals surface area contributed by atoms with Crippen molar-refractivity contribution in [3.05, 3.63) is 35.4 Å². The van der Waals surface area contributed by atoms with Crippen molar-refractivity contribution in [1.29, 1.82) is 5.26 Å². The maximum atomic E-state index is 12.3. The van der Waals surface area contributed by atoms with Gasteiger partial charge in [-0.3, -0.25) is 0 Å². The minimum absolute atomic E-state index is 0.0899. The number of sulfonamides is 1. The summed E-state index contributed by atoms with van der Waals surface area (Å²) in [7, 11) is -3.44. The van der Waals surface area contributed by atoms with Crippen LogP contribution in [0.2, 0.25) is 0 Å². The van der Waals surface area contributed by atoms with Gasteiger partial charge in [-0.2, -0.15) is 5.26 Å². The number of benzene rings is 1. The van der Waals surface area contributed by atoms with E-state index in [-0.39, 0.29) is 23.3 Å². The fraction of sp³-hybridized carbons (Fsp3) is 0.562. The van der Waals surface area contributed by atoms with Crippen molar-refractivity contribution in [2.24, 2.45) is 5.41 Å². The monoisotopic (exact) mass is 322 g/mol. The first-order valence-electron chi connectivity index (χ1n) is 7.39. The lowest BCUT2D eigenvalue weighted by atomic mass is 9.65. The number of nitrogens with one attached hydrogen (secondary N) is 1. The lowest BCUT2D eigenvalue weighted by Crippen LogP contribution is -2.62. The molecule has 1 aliphatic rings. The predicted octanol–water partition coefficient (Wildman–Crippen LogP) is 2.18. The molecular weight excluding hydrogens is 300 g/mol. The maximum Gasteiger partial charge on any atom is 0.216 e. The molecule has 5 nitrogen and oxygen atoms in total. The summed E-state index contributed by atoms with van der Waals surface area (Å²) in [5, 5.41) is 8.87. The molecule has 0 amide bonds. The van der Waals surface area contributed by atoms with E-state index in [0.29, 0.717) is 24.2 Å². The third-order valence-electron chi connectivity index (χ3n) is 4.28. The van der Waals surface area contributed by atoms with Crippen molar-refractivity contribution in [3.8, 4) is 6.07 Å². The van der Waals surface area contributed by atoms with Gasteiger partial charge in [0.05, 0.1) is 23.5 Å². The molecule has 1 fully saturated rings. The molecule has 2 atom stereocenters. The van der Waals surface area contributed by atoms with Crippen LogP contribution in [0.25, 0.3) is 0 Å². The van der Waals surface area contributed by atoms with Crippen LogP contribution >= 0.6 is 0 Å². The zero-order chi connectivity index (χ0) is 16.4. The smallest absolute Gasteiger partial charge is 0.216 e. The summed E-state index contributed by atoms with van der Waals surface area (Å²) >= 11 is 0. The highest BCUT2D eigenvalue weighted by molar-refractivity contribution is 7.88. The summed E-state index contributed by atoms with van der Waals surface area (Å²) in [5.74, 6) is -0.117. The van der Waals surface area contributed by atoms with Gasteiger partial charge in [0.15, 0.2) is 0 Å². The molecule has 0 aromatic heterocycles. The van der Waals surface area contributed by atoms with Crippen LogP contribution in [0.1, 0.15) is 38.3 Å². The highest BCUT2D eigenvalue weighted by atomic mass is 32.2. The molecule has 0 bridgehead atoms. The van der Waals surface area contributed by atoms with Crippen LogP contribution in [0.4, 0.5) is 0 Å². The maximum absolute atomic E-state index is 12.3. The van der Waals surface area contributed by atoms with E-state index >= 15 is 0 Å². The van der Waals surface area contributed by atoms with Crippen molar-refractivity contribution in [3.63, 3.8) is 0 Å². The lowest BCUT2D eigenvalue weighted by molar-refractivity contribution is -0.108. The van der Waals surface area contributed by atoms with E-state index in [1.807, 2.05) is 26.8 Å². The largest absolute Gasteiger partial charge is 0.378 e. The molecule has 0 spiro atoms. The quantitative estimate of drug-likeness (QED) is 0.870. The van der Waals surface area contributed by atoms with Gasteiger partial charge < -0.3 is 4.74 Å². The predicted molar refractivity (Wildman–Crippen MR) is 84.5 cm³/mol. The first kappa shape index (κ1) is 16.9. The van der Waals surface area contributed by atoms with E-state index in [1.165, 1.54) is 0 Å².